The molecule has 0 radical (unpaired) electrons. The minimum absolute atomic E-state index is 0.0731. The maximum absolute atomic E-state index is 12.4. The standard InChI is InChI=1S/C43H78O6/c1-4-7-10-13-14-15-16-17-18-19-20-21-22-23-24-25-26-27-28-31-33-36-42(45)48-39-40(49-43(46)37-34-30-12-9-6-3)38-47-41(44)35-32-29-11-8-5-2/h16-17,19-20,40H,4-15,18,21-39H2,1-3H3/b17-16-,20-19-. The Morgan fingerprint density at radius 2 is 0.735 bits per heavy atom. The molecule has 0 amide bonds. The second-order valence-corrected chi connectivity index (χ2v) is 13.9. The number of carbonyl (C=O) groups is 3. The zero-order chi connectivity index (χ0) is 35.9. The molecule has 49 heavy (non-hydrogen) atoms. The third kappa shape index (κ3) is 37.0. The van der Waals surface area contributed by atoms with E-state index in [4.69, 9.17) is 14.2 Å². The zero-order valence-electron chi connectivity index (χ0n) is 32.5. The van der Waals surface area contributed by atoms with Crippen LogP contribution in [0, 0.1) is 0 Å². The van der Waals surface area contributed by atoms with Crippen LogP contribution in [0.25, 0.3) is 0 Å². The average molecular weight is 691 g/mol. The van der Waals surface area contributed by atoms with E-state index in [0.717, 1.165) is 83.5 Å². The van der Waals surface area contributed by atoms with Gasteiger partial charge in [0.05, 0.1) is 0 Å². The van der Waals surface area contributed by atoms with Gasteiger partial charge in [0.25, 0.3) is 0 Å². The first kappa shape index (κ1) is 46.9. The normalized spacial score (nSPS) is 12.1. The Kier molecular flexibility index (Phi) is 37.0. The van der Waals surface area contributed by atoms with Gasteiger partial charge in [-0.2, -0.15) is 0 Å². The molecule has 0 saturated carbocycles. The van der Waals surface area contributed by atoms with Gasteiger partial charge in [-0.3, -0.25) is 14.4 Å². The van der Waals surface area contributed by atoms with E-state index in [2.05, 4.69) is 45.1 Å². The van der Waals surface area contributed by atoms with Crippen LogP contribution in [0.4, 0.5) is 0 Å². The van der Waals surface area contributed by atoms with Crippen molar-refractivity contribution >= 4 is 17.9 Å². The summed E-state index contributed by atoms with van der Waals surface area (Å²) >= 11 is 0. The van der Waals surface area contributed by atoms with Gasteiger partial charge in [0.1, 0.15) is 13.2 Å². The highest BCUT2D eigenvalue weighted by Gasteiger charge is 2.19. The molecular weight excluding hydrogens is 612 g/mol. The molecule has 0 saturated heterocycles. The first-order valence-electron chi connectivity index (χ1n) is 20.8. The summed E-state index contributed by atoms with van der Waals surface area (Å²) in [5, 5.41) is 0. The van der Waals surface area contributed by atoms with E-state index in [1.165, 1.54) is 89.9 Å². The summed E-state index contributed by atoms with van der Waals surface area (Å²) in [5.74, 6) is -0.907. The van der Waals surface area contributed by atoms with Gasteiger partial charge in [0.2, 0.25) is 0 Å². The van der Waals surface area contributed by atoms with Crippen molar-refractivity contribution in [2.75, 3.05) is 13.2 Å². The molecule has 0 N–H and O–H groups in total. The minimum atomic E-state index is -0.760. The predicted octanol–water partition coefficient (Wildman–Crippen LogP) is 12.9. The molecule has 286 valence electrons. The molecule has 0 spiro atoms. The van der Waals surface area contributed by atoms with Crippen LogP contribution < -0.4 is 0 Å². The van der Waals surface area contributed by atoms with Gasteiger partial charge in [-0.15, -0.1) is 0 Å². The maximum Gasteiger partial charge on any atom is 0.306 e. The van der Waals surface area contributed by atoms with Crippen molar-refractivity contribution in [2.24, 2.45) is 0 Å². The number of carbonyl (C=O) groups excluding carboxylic acids is 3. The highest BCUT2D eigenvalue weighted by molar-refractivity contribution is 5.71. The van der Waals surface area contributed by atoms with E-state index in [1.807, 2.05) is 0 Å². The van der Waals surface area contributed by atoms with E-state index in [0.29, 0.717) is 19.3 Å². The van der Waals surface area contributed by atoms with Crippen molar-refractivity contribution in [1.82, 2.24) is 0 Å². The predicted molar refractivity (Wildman–Crippen MR) is 206 cm³/mol. The number of rotatable bonds is 37. The molecule has 0 rings (SSSR count). The van der Waals surface area contributed by atoms with E-state index < -0.39 is 6.10 Å². The van der Waals surface area contributed by atoms with E-state index in [1.54, 1.807) is 0 Å². The van der Waals surface area contributed by atoms with Gasteiger partial charge in [0.15, 0.2) is 6.10 Å². The van der Waals surface area contributed by atoms with Crippen LogP contribution in [0.5, 0.6) is 0 Å². The Bertz CT molecular complexity index is 804. The number of ether oxygens (including phenoxy) is 3. The molecule has 0 aliphatic carbocycles. The lowest BCUT2D eigenvalue weighted by Crippen LogP contribution is -2.30. The third-order valence-electron chi connectivity index (χ3n) is 8.96. The molecule has 0 heterocycles. The Hall–Kier alpha value is -2.11. The Morgan fingerprint density at radius 1 is 0.408 bits per heavy atom. The van der Waals surface area contributed by atoms with Crippen molar-refractivity contribution < 1.29 is 28.6 Å². The lowest BCUT2D eigenvalue weighted by molar-refractivity contribution is -0.167. The molecule has 0 aliphatic heterocycles. The van der Waals surface area contributed by atoms with Gasteiger partial charge in [-0.05, 0) is 51.4 Å². The molecular formula is C43H78O6. The van der Waals surface area contributed by atoms with Gasteiger partial charge in [-0.25, -0.2) is 0 Å². The van der Waals surface area contributed by atoms with Crippen molar-refractivity contribution in [3.8, 4) is 0 Å². The van der Waals surface area contributed by atoms with E-state index in [9.17, 15) is 14.4 Å². The molecule has 0 fully saturated rings. The summed E-state index contributed by atoms with van der Waals surface area (Å²) in [6.45, 7) is 6.44. The van der Waals surface area contributed by atoms with Crippen LogP contribution >= 0.6 is 0 Å². The number of allylic oxidation sites excluding steroid dienone is 4. The minimum Gasteiger partial charge on any atom is -0.462 e. The Morgan fingerprint density at radius 3 is 1.12 bits per heavy atom. The van der Waals surface area contributed by atoms with Crippen LogP contribution in [-0.4, -0.2) is 37.2 Å². The van der Waals surface area contributed by atoms with Crippen LogP contribution in [0.1, 0.15) is 213 Å². The summed E-state index contributed by atoms with van der Waals surface area (Å²) < 4.78 is 16.4. The fraction of sp³-hybridized carbons (Fsp3) is 0.837. The summed E-state index contributed by atoms with van der Waals surface area (Å²) in [5.41, 5.74) is 0. The first-order chi connectivity index (χ1) is 24.0. The van der Waals surface area contributed by atoms with E-state index in [-0.39, 0.29) is 31.1 Å². The maximum atomic E-state index is 12.4. The van der Waals surface area contributed by atoms with Crippen molar-refractivity contribution in [3.05, 3.63) is 24.3 Å². The van der Waals surface area contributed by atoms with Crippen LogP contribution in [-0.2, 0) is 28.6 Å². The zero-order valence-corrected chi connectivity index (χ0v) is 32.5. The lowest BCUT2D eigenvalue weighted by atomic mass is 10.1. The number of esters is 3. The van der Waals surface area contributed by atoms with Crippen LogP contribution in [0.2, 0.25) is 0 Å². The summed E-state index contributed by atoms with van der Waals surface area (Å²) in [6.07, 6.45) is 40.9. The molecule has 1 unspecified atom stereocenters. The molecule has 0 bridgehead atoms. The van der Waals surface area contributed by atoms with Crippen LogP contribution in [0.3, 0.4) is 0 Å². The van der Waals surface area contributed by atoms with Gasteiger partial charge >= 0.3 is 17.9 Å². The van der Waals surface area contributed by atoms with Crippen LogP contribution in [0.15, 0.2) is 24.3 Å². The van der Waals surface area contributed by atoms with Gasteiger partial charge in [0, 0.05) is 19.3 Å². The third-order valence-corrected chi connectivity index (χ3v) is 8.96. The fourth-order valence-corrected chi connectivity index (χ4v) is 5.76. The lowest BCUT2D eigenvalue weighted by Gasteiger charge is -2.18. The fourth-order valence-electron chi connectivity index (χ4n) is 5.76. The number of unbranched alkanes of at least 4 members (excludes halogenated alkanes) is 22. The molecule has 1 atom stereocenters. The molecule has 6 heteroatoms. The van der Waals surface area contributed by atoms with E-state index >= 15 is 0 Å². The second-order valence-electron chi connectivity index (χ2n) is 13.9. The molecule has 0 aromatic rings. The van der Waals surface area contributed by atoms with Crippen molar-refractivity contribution in [1.29, 1.82) is 0 Å². The van der Waals surface area contributed by atoms with Crippen molar-refractivity contribution in [2.45, 2.75) is 219 Å². The van der Waals surface area contributed by atoms with Crippen molar-refractivity contribution in [3.63, 3.8) is 0 Å². The highest BCUT2D eigenvalue weighted by atomic mass is 16.6. The smallest absolute Gasteiger partial charge is 0.306 e. The largest absolute Gasteiger partial charge is 0.462 e. The average Bonchev–Trinajstić information content (AvgIpc) is 3.09. The van der Waals surface area contributed by atoms with Gasteiger partial charge < -0.3 is 14.2 Å². The second kappa shape index (κ2) is 38.7. The first-order valence-corrected chi connectivity index (χ1v) is 20.8. The monoisotopic (exact) mass is 691 g/mol. The molecule has 0 aliphatic rings. The summed E-state index contributed by atoms with van der Waals surface area (Å²) in [4.78, 5) is 37.0. The number of hydrogen-bond acceptors (Lipinski definition) is 6. The topological polar surface area (TPSA) is 78.9 Å². The summed E-state index contributed by atoms with van der Waals surface area (Å²) in [6, 6.07) is 0. The molecule has 0 aromatic carbocycles. The number of hydrogen-bond donors (Lipinski definition) is 0. The molecule has 6 nitrogen and oxygen atoms in total. The summed E-state index contributed by atoms with van der Waals surface area (Å²) in [7, 11) is 0. The van der Waals surface area contributed by atoms with Gasteiger partial charge in [-0.1, -0.05) is 167 Å². The quantitative estimate of drug-likeness (QED) is 0.0279. The Labute approximate surface area is 303 Å². The SMILES string of the molecule is CCCCCCC/C=C\C/C=C\CCCCCCCCCCCC(=O)OCC(COC(=O)CCCCCCC)OC(=O)CCCCCCC. The highest BCUT2D eigenvalue weighted by Crippen LogP contribution is 2.13. The Balaban J connectivity index is 3.99. The molecule has 0 aromatic heterocycles.